The maximum Gasteiger partial charge on any atom is 0.216 e. The van der Waals surface area contributed by atoms with E-state index in [4.69, 9.17) is 4.74 Å². The van der Waals surface area contributed by atoms with Gasteiger partial charge in [-0.05, 0) is 13.8 Å². The Morgan fingerprint density at radius 3 is 2.90 bits per heavy atom. The fourth-order valence-corrected chi connectivity index (χ4v) is 0.657. The smallest absolute Gasteiger partial charge is 0.216 e. The second-order valence-corrected chi connectivity index (χ2v) is 1.93. The van der Waals surface area contributed by atoms with Gasteiger partial charge in [0, 0.05) is 11.8 Å². The molecule has 1 aromatic heterocycles. The molecule has 1 rings (SSSR count). The maximum absolute atomic E-state index is 5.14. The lowest BCUT2D eigenvalue weighted by molar-refractivity contribution is 0.326. The fourth-order valence-electron chi connectivity index (χ4n) is 0.657. The van der Waals surface area contributed by atoms with E-state index in [1.54, 1.807) is 0 Å². The van der Waals surface area contributed by atoms with E-state index in [0.717, 1.165) is 5.69 Å². The van der Waals surface area contributed by atoms with Crippen molar-refractivity contribution >= 4 is 0 Å². The van der Waals surface area contributed by atoms with Gasteiger partial charge in [-0.3, -0.25) is 0 Å². The molecule has 0 atom stereocenters. The Kier molecular flexibility index (Phi) is 2.20. The van der Waals surface area contributed by atoms with Crippen LogP contribution in [0.3, 0.4) is 0 Å². The van der Waals surface area contributed by atoms with Crippen LogP contribution < -0.4 is 4.74 Å². The first kappa shape index (κ1) is 6.99. The van der Waals surface area contributed by atoms with Gasteiger partial charge < -0.3 is 4.74 Å². The van der Waals surface area contributed by atoms with Crippen LogP contribution in [0.2, 0.25) is 0 Å². The van der Waals surface area contributed by atoms with Crippen LogP contribution in [0.1, 0.15) is 12.6 Å². The zero-order valence-electron chi connectivity index (χ0n) is 6.16. The molecule has 1 aromatic rings. The van der Waals surface area contributed by atoms with Crippen LogP contribution in [0.15, 0.2) is 12.4 Å². The lowest BCUT2D eigenvalue weighted by Gasteiger charge is -1.99. The van der Waals surface area contributed by atoms with Crippen LogP contribution in [0.4, 0.5) is 0 Å². The third-order valence-corrected chi connectivity index (χ3v) is 1.07. The molecule has 0 N–H and O–H groups in total. The highest BCUT2D eigenvalue weighted by molar-refractivity contribution is 5.11. The van der Waals surface area contributed by atoms with Gasteiger partial charge in [0.15, 0.2) is 0 Å². The molecule has 0 saturated carbocycles. The van der Waals surface area contributed by atoms with Gasteiger partial charge in [0.25, 0.3) is 0 Å². The molecule has 0 aliphatic carbocycles. The zero-order valence-corrected chi connectivity index (χ0v) is 6.16. The first-order valence-electron chi connectivity index (χ1n) is 3.24. The maximum atomic E-state index is 5.14. The van der Waals surface area contributed by atoms with Crippen molar-refractivity contribution in [1.29, 1.82) is 0 Å². The van der Waals surface area contributed by atoms with Crippen LogP contribution in [-0.2, 0) is 0 Å². The van der Waals surface area contributed by atoms with Crippen LogP contribution in [-0.4, -0.2) is 16.6 Å². The van der Waals surface area contributed by atoms with E-state index in [-0.39, 0.29) is 0 Å². The Morgan fingerprint density at radius 1 is 1.50 bits per heavy atom. The van der Waals surface area contributed by atoms with E-state index in [1.165, 1.54) is 6.33 Å². The van der Waals surface area contributed by atoms with Gasteiger partial charge in [0.1, 0.15) is 6.33 Å². The minimum absolute atomic E-state index is 0.648. The summed E-state index contributed by atoms with van der Waals surface area (Å²) in [5.74, 6) is 0.648. The van der Waals surface area contributed by atoms with Gasteiger partial charge in [-0.25, -0.2) is 9.97 Å². The quantitative estimate of drug-likeness (QED) is 0.615. The summed E-state index contributed by atoms with van der Waals surface area (Å²) in [7, 11) is 0. The van der Waals surface area contributed by atoms with Gasteiger partial charge in [-0.2, -0.15) is 0 Å². The molecular weight excluding hydrogens is 128 g/mol. The number of nitrogens with zero attached hydrogens (tertiary/aromatic N) is 2. The summed E-state index contributed by atoms with van der Waals surface area (Å²) in [6.45, 7) is 4.48. The second-order valence-electron chi connectivity index (χ2n) is 1.93. The molecule has 0 aromatic carbocycles. The summed E-state index contributed by atoms with van der Waals surface area (Å²) in [6.07, 6.45) is 1.50. The van der Waals surface area contributed by atoms with Gasteiger partial charge in [0.2, 0.25) is 5.88 Å². The van der Waals surface area contributed by atoms with Crippen molar-refractivity contribution in [3.8, 4) is 5.88 Å². The summed E-state index contributed by atoms with van der Waals surface area (Å²) < 4.78 is 5.14. The third-order valence-electron chi connectivity index (χ3n) is 1.07. The van der Waals surface area contributed by atoms with Crippen molar-refractivity contribution in [2.45, 2.75) is 13.8 Å². The van der Waals surface area contributed by atoms with Crippen LogP contribution in [0, 0.1) is 6.92 Å². The monoisotopic (exact) mass is 138 g/mol. The van der Waals surface area contributed by atoms with E-state index in [0.29, 0.717) is 12.5 Å². The molecular formula is C7H10N2O. The minimum Gasteiger partial charge on any atom is -0.478 e. The van der Waals surface area contributed by atoms with E-state index < -0.39 is 0 Å². The standard InChI is InChI=1S/C7H10N2O/c1-3-10-7-4-6(2)8-5-9-7/h4-5H,3H2,1-2H3. The van der Waals surface area contributed by atoms with Crippen LogP contribution >= 0.6 is 0 Å². The molecule has 3 nitrogen and oxygen atoms in total. The molecule has 0 radical (unpaired) electrons. The van der Waals surface area contributed by atoms with Gasteiger partial charge in [-0.15, -0.1) is 0 Å². The summed E-state index contributed by atoms with van der Waals surface area (Å²) >= 11 is 0. The average molecular weight is 138 g/mol. The summed E-state index contributed by atoms with van der Waals surface area (Å²) in [5, 5.41) is 0. The van der Waals surface area contributed by atoms with E-state index in [9.17, 15) is 0 Å². The number of ether oxygens (including phenoxy) is 1. The largest absolute Gasteiger partial charge is 0.478 e. The first-order chi connectivity index (χ1) is 4.83. The Bertz CT molecular complexity index is 213. The van der Waals surface area contributed by atoms with Crippen molar-refractivity contribution in [2.75, 3.05) is 6.61 Å². The minimum atomic E-state index is 0.648. The van der Waals surface area contributed by atoms with E-state index in [2.05, 4.69) is 9.97 Å². The molecule has 0 spiro atoms. The van der Waals surface area contributed by atoms with E-state index in [1.807, 2.05) is 19.9 Å². The molecule has 0 saturated heterocycles. The number of hydrogen-bond acceptors (Lipinski definition) is 3. The first-order valence-corrected chi connectivity index (χ1v) is 3.24. The molecule has 10 heavy (non-hydrogen) atoms. The van der Waals surface area contributed by atoms with Crippen LogP contribution in [0.25, 0.3) is 0 Å². The molecule has 0 bridgehead atoms. The molecule has 54 valence electrons. The molecule has 0 unspecified atom stereocenters. The Labute approximate surface area is 60.1 Å². The molecule has 0 amide bonds. The van der Waals surface area contributed by atoms with Gasteiger partial charge in [-0.1, -0.05) is 0 Å². The highest BCUT2D eigenvalue weighted by Crippen LogP contribution is 2.04. The van der Waals surface area contributed by atoms with E-state index >= 15 is 0 Å². The van der Waals surface area contributed by atoms with Gasteiger partial charge in [0.05, 0.1) is 6.61 Å². The second kappa shape index (κ2) is 3.15. The number of rotatable bonds is 2. The topological polar surface area (TPSA) is 35.0 Å². The predicted octanol–water partition coefficient (Wildman–Crippen LogP) is 1.18. The van der Waals surface area contributed by atoms with Crippen molar-refractivity contribution in [1.82, 2.24) is 9.97 Å². The summed E-state index contributed by atoms with van der Waals surface area (Å²) in [6, 6.07) is 1.81. The summed E-state index contributed by atoms with van der Waals surface area (Å²) in [5.41, 5.74) is 0.929. The number of aromatic nitrogens is 2. The predicted molar refractivity (Wildman–Crippen MR) is 37.9 cm³/mol. The lowest BCUT2D eigenvalue weighted by atomic mass is 10.4. The molecule has 3 heteroatoms. The Hall–Kier alpha value is -1.12. The SMILES string of the molecule is CCOc1cc(C)ncn1. The highest BCUT2D eigenvalue weighted by atomic mass is 16.5. The number of hydrogen-bond donors (Lipinski definition) is 0. The molecule has 0 aliphatic rings. The zero-order chi connectivity index (χ0) is 7.40. The Morgan fingerprint density at radius 2 is 2.30 bits per heavy atom. The highest BCUT2D eigenvalue weighted by Gasteiger charge is 1.91. The van der Waals surface area contributed by atoms with Crippen molar-refractivity contribution in [3.05, 3.63) is 18.1 Å². The fraction of sp³-hybridized carbons (Fsp3) is 0.429. The van der Waals surface area contributed by atoms with Gasteiger partial charge >= 0.3 is 0 Å². The van der Waals surface area contributed by atoms with Crippen molar-refractivity contribution < 1.29 is 4.74 Å². The number of aryl methyl sites for hydroxylation is 1. The lowest BCUT2D eigenvalue weighted by Crippen LogP contribution is -1.95. The third kappa shape index (κ3) is 1.69. The van der Waals surface area contributed by atoms with Crippen molar-refractivity contribution in [2.24, 2.45) is 0 Å². The molecule has 0 fully saturated rings. The molecule has 1 heterocycles. The molecule has 0 aliphatic heterocycles. The normalized spacial score (nSPS) is 9.40. The van der Waals surface area contributed by atoms with Crippen molar-refractivity contribution in [3.63, 3.8) is 0 Å². The Balaban J connectivity index is 2.75. The van der Waals surface area contributed by atoms with Crippen LogP contribution in [0.5, 0.6) is 5.88 Å². The average Bonchev–Trinajstić information content (AvgIpc) is 1.88. The summed E-state index contributed by atoms with van der Waals surface area (Å²) in [4.78, 5) is 7.83.